The second-order valence-electron chi connectivity index (χ2n) is 5.56. The van der Waals surface area contributed by atoms with Crippen molar-refractivity contribution in [1.82, 2.24) is 15.0 Å². The number of nitrogens with zero attached hydrogens (tertiary/aromatic N) is 3. The fourth-order valence-electron chi connectivity index (χ4n) is 2.58. The fourth-order valence-corrected chi connectivity index (χ4v) is 2.58. The summed E-state index contributed by atoms with van der Waals surface area (Å²) in [5, 5.41) is 13.6. The first kappa shape index (κ1) is 14.5. The summed E-state index contributed by atoms with van der Waals surface area (Å²) < 4.78 is 5.24. The third-order valence-corrected chi connectivity index (χ3v) is 3.93. The zero-order valence-corrected chi connectivity index (χ0v) is 12.0. The second kappa shape index (κ2) is 7.01. The number of hydrogen-bond acceptors (Lipinski definition) is 5. The van der Waals surface area contributed by atoms with Gasteiger partial charge in [0.1, 0.15) is 0 Å². The Hall–Kier alpha value is -0.940. The summed E-state index contributed by atoms with van der Waals surface area (Å²) in [6, 6.07) is 0. The molecule has 0 saturated carbocycles. The Bertz CT molecular complexity index is 371. The minimum Gasteiger partial charge on any atom is -0.393 e. The van der Waals surface area contributed by atoms with E-state index in [9.17, 15) is 5.11 Å². The molecule has 0 aromatic carbocycles. The first-order chi connectivity index (χ1) is 9.19. The smallest absolute Gasteiger partial charge is 0.226 e. The van der Waals surface area contributed by atoms with Crippen molar-refractivity contribution in [2.24, 2.45) is 5.92 Å². The maximum atomic E-state index is 9.58. The van der Waals surface area contributed by atoms with Crippen LogP contribution in [0, 0.1) is 5.92 Å². The molecule has 108 valence electrons. The third kappa shape index (κ3) is 4.28. The van der Waals surface area contributed by atoms with Gasteiger partial charge in [-0.25, -0.2) is 0 Å². The van der Waals surface area contributed by atoms with Crippen LogP contribution < -0.4 is 0 Å². The highest BCUT2D eigenvalue weighted by Crippen LogP contribution is 2.21. The van der Waals surface area contributed by atoms with E-state index in [0.29, 0.717) is 5.92 Å². The van der Waals surface area contributed by atoms with Crippen LogP contribution in [0.4, 0.5) is 0 Å². The maximum absolute atomic E-state index is 9.58. The van der Waals surface area contributed by atoms with E-state index in [2.05, 4.69) is 22.0 Å². The van der Waals surface area contributed by atoms with Gasteiger partial charge in [0.2, 0.25) is 5.89 Å². The Kier molecular flexibility index (Phi) is 5.34. The lowest BCUT2D eigenvalue weighted by molar-refractivity contribution is 0.0684. The highest BCUT2D eigenvalue weighted by atomic mass is 16.5. The molecule has 1 aliphatic heterocycles. The third-order valence-electron chi connectivity index (χ3n) is 3.93. The molecule has 0 amide bonds. The van der Waals surface area contributed by atoms with Gasteiger partial charge < -0.3 is 9.63 Å². The molecule has 5 nitrogen and oxygen atoms in total. The van der Waals surface area contributed by atoms with Crippen LogP contribution in [-0.2, 0) is 13.0 Å². The van der Waals surface area contributed by atoms with Crippen LogP contribution in [0.1, 0.15) is 51.2 Å². The molecule has 1 atom stereocenters. The van der Waals surface area contributed by atoms with Gasteiger partial charge in [0.15, 0.2) is 5.82 Å². The fraction of sp³-hybridized carbons (Fsp3) is 0.857. The highest BCUT2D eigenvalue weighted by Gasteiger charge is 2.23. The number of piperidine rings is 1. The number of aromatic nitrogens is 2. The zero-order valence-electron chi connectivity index (χ0n) is 12.0. The van der Waals surface area contributed by atoms with E-state index in [1.807, 2.05) is 6.92 Å². The van der Waals surface area contributed by atoms with E-state index in [0.717, 1.165) is 63.5 Å². The highest BCUT2D eigenvalue weighted by molar-refractivity contribution is 4.88. The van der Waals surface area contributed by atoms with Crippen LogP contribution in [-0.4, -0.2) is 39.3 Å². The van der Waals surface area contributed by atoms with E-state index in [4.69, 9.17) is 4.52 Å². The van der Waals surface area contributed by atoms with Gasteiger partial charge in [-0.15, -0.1) is 0 Å². The SMILES string of the molecule is CCCCc1nc(CN2CCC(C(C)O)CC2)no1. The molecule has 1 N–H and O–H groups in total. The summed E-state index contributed by atoms with van der Waals surface area (Å²) >= 11 is 0. The Morgan fingerprint density at radius 3 is 2.79 bits per heavy atom. The Morgan fingerprint density at radius 2 is 2.16 bits per heavy atom. The topological polar surface area (TPSA) is 62.4 Å². The van der Waals surface area contributed by atoms with Crippen molar-refractivity contribution >= 4 is 0 Å². The van der Waals surface area contributed by atoms with Gasteiger partial charge in [0.05, 0.1) is 12.6 Å². The Labute approximate surface area is 115 Å². The molecule has 0 spiro atoms. The quantitative estimate of drug-likeness (QED) is 0.854. The number of rotatable bonds is 6. The van der Waals surface area contributed by atoms with Crippen molar-refractivity contribution in [3.8, 4) is 0 Å². The van der Waals surface area contributed by atoms with Gasteiger partial charge in [0, 0.05) is 6.42 Å². The van der Waals surface area contributed by atoms with Gasteiger partial charge in [-0.3, -0.25) is 4.90 Å². The lowest BCUT2D eigenvalue weighted by Crippen LogP contribution is -2.36. The molecule has 2 heterocycles. The van der Waals surface area contributed by atoms with Crippen LogP contribution in [0.5, 0.6) is 0 Å². The first-order valence-corrected chi connectivity index (χ1v) is 7.41. The summed E-state index contributed by atoms with van der Waals surface area (Å²) in [7, 11) is 0. The Morgan fingerprint density at radius 1 is 1.42 bits per heavy atom. The molecule has 1 aromatic heterocycles. The van der Waals surface area contributed by atoms with Crippen LogP contribution in [0.25, 0.3) is 0 Å². The van der Waals surface area contributed by atoms with Crippen LogP contribution in [0.15, 0.2) is 4.52 Å². The number of likely N-dealkylation sites (tertiary alicyclic amines) is 1. The Balaban J connectivity index is 1.77. The first-order valence-electron chi connectivity index (χ1n) is 7.41. The van der Waals surface area contributed by atoms with Crippen molar-refractivity contribution in [2.75, 3.05) is 13.1 Å². The van der Waals surface area contributed by atoms with Crippen molar-refractivity contribution in [3.63, 3.8) is 0 Å². The molecule has 1 unspecified atom stereocenters. The summed E-state index contributed by atoms with van der Waals surface area (Å²) in [6.07, 6.45) is 5.05. The van der Waals surface area contributed by atoms with Crippen LogP contribution in [0.3, 0.4) is 0 Å². The molecule has 0 aliphatic carbocycles. The predicted octanol–water partition coefficient (Wildman–Crippen LogP) is 2.00. The van der Waals surface area contributed by atoms with Gasteiger partial charge in [0.25, 0.3) is 0 Å². The number of aliphatic hydroxyl groups excluding tert-OH is 1. The second-order valence-corrected chi connectivity index (χ2v) is 5.56. The predicted molar refractivity (Wildman–Crippen MR) is 72.6 cm³/mol. The van der Waals surface area contributed by atoms with E-state index in [-0.39, 0.29) is 6.10 Å². The minimum absolute atomic E-state index is 0.187. The maximum Gasteiger partial charge on any atom is 0.226 e. The molecule has 19 heavy (non-hydrogen) atoms. The number of aryl methyl sites for hydroxylation is 1. The molecular formula is C14H25N3O2. The van der Waals surface area contributed by atoms with Crippen molar-refractivity contribution < 1.29 is 9.63 Å². The van der Waals surface area contributed by atoms with Crippen molar-refractivity contribution in [1.29, 1.82) is 0 Å². The largest absolute Gasteiger partial charge is 0.393 e. The zero-order chi connectivity index (χ0) is 13.7. The summed E-state index contributed by atoms with van der Waals surface area (Å²) in [6.45, 7) is 6.83. The molecule has 5 heteroatoms. The van der Waals surface area contributed by atoms with Crippen molar-refractivity contribution in [2.45, 2.75) is 58.6 Å². The molecular weight excluding hydrogens is 242 g/mol. The monoisotopic (exact) mass is 267 g/mol. The molecule has 0 radical (unpaired) electrons. The van der Waals surface area contributed by atoms with E-state index in [1.54, 1.807) is 0 Å². The summed E-state index contributed by atoms with van der Waals surface area (Å²) in [4.78, 5) is 6.77. The van der Waals surface area contributed by atoms with Crippen molar-refractivity contribution in [3.05, 3.63) is 11.7 Å². The average Bonchev–Trinajstić information content (AvgIpc) is 2.84. The minimum atomic E-state index is -0.187. The van der Waals surface area contributed by atoms with E-state index in [1.165, 1.54) is 0 Å². The molecule has 1 aliphatic rings. The van der Waals surface area contributed by atoms with Gasteiger partial charge in [-0.05, 0) is 45.2 Å². The number of hydrogen-bond donors (Lipinski definition) is 1. The van der Waals surface area contributed by atoms with Crippen LogP contribution in [0.2, 0.25) is 0 Å². The van der Waals surface area contributed by atoms with Crippen LogP contribution >= 0.6 is 0 Å². The molecule has 2 rings (SSSR count). The average molecular weight is 267 g/mol. The summed E-state index contributed by atoms with van der Waals surface area (Å²) in [5.41, 5.74) is 0. The molecule has 1 saturated heterocycles. The standard InChI is InChI=1S/C14H25N3O2/c1-3-4-5-14-15-13(16-19-14)10-17-8-6-12(7-9-17)11(2)18/h11-12,18H,3-10H2,1-2H3. The lowest BCUT2D eigenvalue weighted by atomic mass is 9.92. The van der Waals surface area contributed by atoms with Gasteiger partial charge in [-0.2, -0.15) is 4.98 Å². The normalized spacial score (nSPS) is 19.7. The lowest BCUT2D eigenvalue weighted by Gasteiger charge is -2.32. The molecule has 1 aromatic rings. The van der Waals surface area contributed by atoms with E-state index < -0.39 is 0 Å². The van der Waals surface area contributed by atoms with Gasteiger partial charge in [-0.1, -0.05) is 18.5 Å². The number of aliphatic hydroxyl groups is 1. The summed E-state index contributed by atoms with van der Waals surface area (Å²) in [5.74, 6) is 2.00. The van der Waals surface area contributed by atoms with E-state index >= 15 is 0 Å². The molecule has 0 bridgehead atoms. The van der Waals surface area contributed by atoms with Gasteiger partial charge >= 0.3 is 0 Å². The number of unbranched alkanes of at least 4 members (excludes halogenated alkanes) is 1. The molecule has 1 fully saturated rings.